The van der Waals surface area contributed by atoms with Crippen molar-refractivity contribution in [3.8, 4) is 0 Å². The minimum Gasteiger partial charge on any atom is -0.355 e. The fraction of sp³-hybridized carbons (Fsp3) is 0.909. The van der Waals surface area contributed by atoms with Crippen LogP contribution in [0, 0.1) is 0 Å². The van der Waals surface area contributed by atoms with Gasteiger partial charge in [-0.2, -0.15) is 13.2 Å². The molecule has 106 valence electrons. The number of amides is 1. The maximum atomic E-state index is 12.2. The van der Waals surface area contributed by atoms with Crippen LogP contribution in [0.4, 0.5) is 13.2 Å². The number of rotatable bonds is 5. The summed E-state index contributed by atoms with van der Waals surface area (Å²) in [6.45, 7) is 2.67. The molecule has 0 aliphatic carbocycles. The van der Waals surface area contributed by atoms with Crippen molar-refractivity contribution in [1.82, 2.24) is 15.5 Å². The molecule has 2 N–H and O–H groups in total. The second-order valence-electron chi connectivity index (χ2n) is 4.50. The third kappa shape index (κ3) is 6.20. The van der Waals surface area contributed by atoms with E-state index in [9.17, 15) is 18.0 Å². The molecular formula is C11H20F3N3O. The molecule has 0 unspecified atom stereocenters. The monoisotopic (exact) mass is 267 g/mol. The van der Waals surface area contributed by atoms with Gasteiger partial charge in [-0.05, 0) is 32.9 Å². The van der Waals surface area contributed by atoms with Crippen LogP contribution in [0.25, 0.3) is 0 Å². The Balaban J connectivity index is 2.17. The van der Waals surface area contributed by atoms with E-state index in [1.165, 1.54) is 4.90 Å². The van der Waals surface area contributed by atoms with E-state index < -0.39 is 12.7 Å². The molecule has 1 heterocycles. The minimum absolute atomic E-state index is 0.0739. The van der Waals surface area contributed by atoms with Gasteiger partial charge in [-0.1, -0.05) is 0 Å². The highest BCUT2D eigenvalue weighted by Crippen LogP contribution is 2.19. The van der Waals surface area contributed by atoms with Crippen LogP contribution in [0.3, 0.4) is 0 Å². The minimum atomic E-state index is -4.12. The number of hydrogen-bond acceptors (Lipinski definition) is 3. The highest BCUT2D eigenvalue weighted by molar-refractivity contribution is 5.77. The van der Waals surface area contributed by atoms with Gasteiger partial charge in [0.05, 0.1) is 13.1 Å². The zero-order valence-electron chi connectivity index (χ0n) is 10.5. The Bertz CT molecular complexity index is 263. The zero-order valence-corrected chi connectivity index (χ0v) is 10.5. The van der Waals surface area contributed by atoms with Crippen LogP contribution in [0.5, 0.6) is 0 Å². The van der Waals surface area contributed by atoms with Gasteiger partial charge in [-0.15, -0.1) is 0 Å². The fourth-order valence-corrected chi connectivity index (χ4v) is 2.05. The van der Waals surface area contributed by atoms with Crippen LogP contribution in [0.2, 0.25) is 0 Å². The second kappa shape index (κ2) is 6.94. The number of alkyl halides is 3. The van der Waals surface area contributed by atoms with E-state index in [4.69, 9.17) is 0 Å². The lowest BCUT2D eigenvalue weighted by atomic mass is 10.1. The molecule has 0 radical (unpaired) electrons. The smallest absolute Gasteiger partial charge is 0.355 e. The van der Waals surface area contributed by atoms with Crippen molar-refractivity contribution < 1.29 is 18.0 Å². The molecule has 0 atom stereocenters. The number of likely N-dealkylation sites (N-methyl/N-ethyl adjacent to an activating group) is 1. The number of halogens is 3. The summed E-state index contributed by atoms with van der Waals surface area (Å²) in [6, 6.07) is 0.136. The molecule has 0 saturated carbocycles. The quantitative estimate of drug-likeness (QED) is 0.772. The molecule has 1 fully saturated rings. The van der Waals surface area contributed by atoms with Gasteiger partial charge >= 0.3 is 6.18 Å². The van der Waals surface area contributed by atoms with Crippen LogP contribution in [-0.4, -0.2) is 55.7 Å². The highest BCUT2D eigenvalue weighted by atomic mass is 19.4. The Hall–Kier alpha value is -0.820. The lowest BCUT2D eigenvalue weighted by Crippen LogP contribution is -2.47. The standard InChI is InChI=1S/C11H20F3N3O/c1-2-15-10(18)7-16-9-3-5-17(6-4-9)8-11(12,13)14/h9,16H,2-8H2,1H3,(H,15,18). The van der Waals surface area contributed by atoms with Crippen molar-refractivity contribution in [2.45, 2.75) is 32.0 Å². The van der Waals surface area contributed by atoms with E-state index in [1.54, 1.807) is 0 Å². The molecule has 4 nitrogen and oxygen atoms in total. The van der Waals surface area contributed by atoms with Crippen molar-refractivity contribution in [1.29, 1.82) is 0 Å². The van der Waals surface area contributed by atoms with E-state index in [-0.39, 0.29) is 18.5 Å². The van der Waals surface area contributed by atoms with E-state index in [0.717, 1.165) is 0 Å². The van der Waals surface area contributed by atoms with Gasteiger partial charge in [0.15, 0.2) is 0 Å². The average molecular weight is 267 g/mol. The molecule has 1 saturated heterocycles. The van der Waals surface area contributed by atoms with Gasteiger partial charge in [-0.25, -0.2) is 0 Å². The molecule has 0 aromatic carbocycles. The Labute approximate surface area is 105 Å². The summed E-state index contributed by atoms with van der Waals surface area (Å²) in [5.74, 6) is -0.0739. The first kappa shape index (κ1) is 15.2. The number of likely N-dealkylation sites (tertiary alicyclic amines) is 1. The molecule has 0 bridgehead atoms. The van der Waals surface area contributed by atoms with E-state index in [1.807, 2.05) is 6.92 Å². The highest BCUT2D eigenvalue weighted by Gasteiger charge is 2.32. The van der Waals surface area contributed by atoms with Gasteiger partial charge in [0.1, 0.15) is 0 Å². The number of piperidine rings is 1. The van der Waals surface area contributed by atoms with Crippen LogP contribution >= 0.6 is 0 Å². The molecule has 7 heteroatoms. The third-order valence-corrected chi connectivity index (χ3v) is 2.92. The molecule has 0 spiro atoms. The zero-order chi connectivity index (χ0) is 13.6. The summed E-state index contributed by atoms with van der Waals surface area (Å²) >= 11 is 0. The van der Waals surface area contributed by atoms with Crippen molar-refractivity contribution >= 4 is 5.91 Å². The average Bonchev–Trinajstić information content (AvgIpc) is 2.26. The van der Waals surface area contributed by atoms with Gasteiger partial charge in [-0.3, -0.25) is 9.69 Å². The Morgan fingerprint density at radius 3 is 2.44 bits per heavy atom. The number of hydrogen-bond donors (Lipinski definition) is 2. The summed E-state index contributed by atoms with van der Waals surface area (Å²) in [5, 5.41) is 5.73. The fourth-order valence-electron chi connectivity index (χ4n) is 2.05. The van der Waals surface area contributed by atoms with Gasteiger partial charge < -0.3 is 10.6 Å². The van der Waals surface area contributed by atoms with E-state index in [0.29, 0.717) is 32.5 Å². The van der Waals surface area contributed by atoms with Gasteiger partial charge in [0, 0.05) is 12.6 Å². The summed E-state index contributed by atoms with van der Waals surface area (Å²) in [6.07, 6.45) is -2.83. The summed E-state index contributed by atoms with van der Waals surface area (Å²) in [7, 11) is 0. The molecule has 1 aliphatic rings. The number of carbonyl (C=O) groups is 1. The lowest BCUT2D eigenvalue weighted by molar-refractivity contribution is -0.148. The van der Waals surface area contributed by atoms with Gasteiger partial charge in [0.2, 0.25) is 5.91 Å². The summed E-state index contributed by atoms with van der Waals surface area (Å²) in [4.78, 5) is 12.6. The summed E-state index contributed by atoms with van der Waals surface area (Å²) < 4.78 is 36.5. The van der Waals surface area contributed by atoms with Crippen molar-refractivity contribution in [2.24, 2.45) is 0 Å². The van der Waals surface area contributed by atoms with Gasteiger partial charge in [0.25, 0.3) is 0 Å². The number of carbonyl (C=O) groups excluding carboxylic acids is 1. The second-order valence-corrected chi connectivity index (χ2v) is 4.50. The SMILES string of the molecule is CCNC(=O)CNC1CCN(CC(F)(F)F)CC1. The number of nitrogens with one attached hydrogen (secondary N) is 2. The van der Waals surface area contributed by atoms with E-state index in [2.05, 4.69) is 10.6 Å². The maximum absolute atomic E-state index is 12.2. The Kier molecular flexibility index (Phi) is 5.87. The predicted octanol–water partition coefficient (Wildman–Crippen LogP) is 0.739. The van der Waals surface area contributed by atoms with Crippen LogP contribution < -0.4 is 10.6 Å². The normalized spacial score (nSPS) is 18.9. The molecule has 1 aliphatic heterocycles. The van der Waals surface area contributed by atoms with Crippen molar-refractivity contribution in [2.75, 3.05) is 32.7 Å². The first-order chi connectivity index (χ1) is 8.40. The van der Waals surface area contributed by atoms with Crippen molar-refractivity contribution in [3.05, 3.63) is 0 Å². The molecular weight excluding hydrogens is 247 g/mol. The third-order valence-electron chi connectivity index (χ3n) is 2.92. The van der Waals surface area contributed by atoms with Crippen LogP contribution in [0.15, 0.2) is 0 Å². The van der Waals surface area contributed by atoms with Crippen molar-refractivity contribution in [3.63, 3.8) is 0 Å². The summed E-state index contributed by atoms with van der Waals surface area (Å²) in [5.41, 5.74) is 0. The number of nitrogens with zero attached hydrogens (tertiary/aromatic N) is 1. The largest absolute Gasteiger partial charge is 0.401 e. The lowest BCUT2D eigenvalue weighted by Gasteiger charge is -2.32. The first-order valence-corrected chi connectivity index (χ1v) is 6.20. The maximum Gasteiger partial charge on any atom is 0.401 e. The Morgan fingerprint density at radius 1 is 1.33 bits per heavy atom. The topological polar surface area (TPSA) is 44.4 Å². The Morgan fingerprint density at radius 2 is 1.94 bits per heavy atom. The van der Waals surface area contributed by atoms with Crippen LogP contribution in [0.1, 0.15) is 19.8 Å². The molecule has 18 heavy (non-hydrogen) atoms. The van der Waals surface area contributed by atoms with E-state index >= 15 is 0 Å². The van der Waals surface area contributed by atoms with Crippen LogP contribution in [-0.2, 0) is 4.79 Å². The predicted molar refractivity (Wildman–Crippen MR) is 62.2 cm³/mol. The molecule has 1 rings (SSSR count). The molecule has 0 aromatic heterocycles. The molecule has 1 amide bonds. The first-order valence-electron chi connectivity index (χ1n) is 6.20. The molecule has 0 aromatic rings.